The van der Waals surface area contributed by atoms with Gasteiger partial charge in [0.1, 0.15) is 23.4 Å². The molecule has 3 aromatic rings. The third-order valence-corrected chi connectivity index (χ3v) is 12.0. The third kappa shape index (κ3) is 9.35. The molecule has 0 saturated heterocycles. The summed E-state index contributed by atoms with van der Waals surface area (Å²) < 4.78 is 24.2. The van der Waals surface area contributed by atoms with Gasteiger partial charge >= 0.3 is 11.8 Å². The first-order chi connectivity index (χ1) is 29.1. The highest BCUT2D eigenvalue weighted by Gasteiger charge is 2.50. The Balaban J connectivity index is 1.70. The number of phenolic OH excluding ortho intramolecular Hbond substituents is 3. The Labute approximate surface area is 367 Å². The van der Waals surface area contributed by atoms with Crippen molar-refractivity contribution < 1.29 is 63.7 Å². The van der Waals surface area contributed by atoms with Crippen molar-refractivity contribution in [2.75, 3.05) is 12.4 Å². The van der Waals surface area contributed by atoms with Crippen LogP contribution in [-0.2, 0) is 23.8 Å². The number of phenols is 3. The molecule has 3 aromatic carbocycles. The summed E-state index contributed by atoms with van der Waals surface area (Å²) in [6.45, 7) is 12.2. The maximum absolute atomic E-state index is 14.4. The number of hydrogen-bond acceptors (Lipinski definition) is 14. The minimum atomic E-state index is -2.11. The van der Waals surface area contributed by atoms with Crippen molar-refractivity contribution in [3.63, 3.8) is 0 Å². The van der Waals surface area contributed by atoms with Crippen LogP contribution in [0.25, 0.3) is 10.8 Å². The monoisotopic (exact) mass is 921 g/mol. The molecule has 3 heterocycles. The van der Waals surface area contributed by atoms with Crippen LogP contribution in [-0.4, -0.2) is 92.6 Å². The van der Waals surface area contributed by atoms with Crippen LogP contribution >= 0.6 is 15.9 Å². The predicted molar refractivity (Wildman–Crippen MR) is 233 cm³/mol. The zero-order chi connectivity index (χ0) is 46.0. The Morgan fingerprint density at radius 2 is 1.60 bits per heavy atom. The average molecular weight is 923 g/mol. The van der Waals surface area contributed by atoms with Crippen LogP contribution < -0.4 is 15.5 Å². The van der Waals surface area contributed by atoms with Crippen molar-refractivity contribution in [2.24, 2.45) is 28.8 Å². The number of nitrogens with one attached hydrogen (secondary N) is 2. The van der Waals surface area contributed by atoms with E-state index in [1.165, 1.54) is 65.2 Å². The zero-order valence-electron chi connectivity index (χ0n) is 35.7. The van der Waals surface area contributed by atoms with Crippen molar-refractivity contribution in [1.82, 2.24) is 5.43 Å². The van der Waals surface area contributed by atoms with Gasteiger partial charge in [-0.15, -0.1) is 0 Å². The number of aromatic hydroxyl groups is 3. The third-order valence-electron chi connectivity index (χ3n) is 11.5. The number of aliphatic hydroxyl groups is 2. The number of hydrogen-bond donors (Lipinski definition) is 7. The summed E-state index contributed by atoms with van der Waals surface area (Å²) >= 11 is 3.31. The Bertz CT molecular complexity index is 2380. The lowest BCUT2D eigenvalue weighted by molar-refractivity contribution is -0.160. The second-order valence-electron chi connectivity index (χ2n) is 15.8. The number of allylic oxidation sites excluding steroid dienone is 2. The molecule has 0 fully saturated rings. The van der Waals surface area contributed by atoms with Gasteiger partial charge < -0.3 is 49.8 Å². The van der Waals surface area contributed by atoms with Gasteiger partial charge in [-0.25, -0.2) is 5.43 Å². The Morgan fingerprint density at radius 1 is 0.935 bits per heavy atom. The van der Waals surface area contributed by atoms with Gasteiger partial charge in [0.2, 0.25) is 0 Å². The molecule has 0 spiro atoms. The van der Waals surface area contributed by atoms with Crippen molar-refractivity contribution in [2.45, 2.75) is 85.6 Å². The number of esters is 1. The summed E-state index contributed by atoms with van der Waals surface area (Å²) in [5.74, 6) is -9.83. The number of fused-ring (bicyclic) bond motifs is 14. The number of Topliss-reactive ketones (excluding diaryl/α,β-unsaturated/α-hetero) is 1. The van der Waals surface area contributed by atoms with E-state index in [1.807, 2.05) is 0 Å². The van der Waals surface area contributed by atoms with Gasteiger partial charge in [0.05, 0.1) is 53.0 Å². The lowest BCUT2D eigenvalue weighted by Gasteiger charge is -2.38. The molecular weight excluding hydrogens is 870 g/mol. The molecule has 2 amide bonds. The lowest BCUT2D eigenvalue weighted by Crippen LogP contribution is -2.46. The molecule has 0 saturated carbocycles. The van der Waals surface area contributed by atoms with E-state index in [4.69, 9.17) is 18.9 Å². The molecule has 0 radical (unpaired) electrons. The van der Waals surface area contributed by atoms with E-state index in [2.05, 4.69) is 31.8 Å². The summed E-state index contributed by atoms with van der Waals surface area (Å²) in [6, 6.07) is 6.37. The van der Waals surface area contributed by atoms with Crippen LogP contribution in [0.3, 0.4) is 0 Å². The fourth-order valence-corrected chi connectivity index (χ4v) is 7.96. The molecule has 16 nitrogen and oxygen atoms in total. The maximum atomic E-state index is 14.4. The number of ketones is 1. The highest BCUT2D eigenvalue weighted by atomic mass is 79.9. The van der Waals surface area contributed by atoms with Crippen LogP contribution in [0.1, 0.15) is 80.3 Å². The second-order valence-corrected chi connectivity index (χ2v) is 16.7. The smallest absolute Gasteiger partial charge is 0.312 e. The summed E-state index contributed by atoms with van der Waals surface area (Å²) in [5.41, 5.74) is 1.59. The fourth-order valence-electron chi connectivity index (χ4n) is 7.69. The normalized spacial score (nSPS) is 29.1. The number of anilines is 1. The number of carbonyl (C=O) groups excluding carboxylic acids is 4. The number of methoxy groups -OCH3 is 1. The molecule has 3 aliphatic rings. The van der Waals surface area contributed by atoms with Crippen LogP contribution in [0.15, 0.2) is 70.0 Å². The van der Waals surface area contributed by atoms with Gasteiger partial charge in [0.25, 0.3) is 17.6 Å². The van der Waals surface area contributed by atoms with Gasteiger partial charge in [0, 0.05) is 71.2 Å². The van der Waals surface area contributed by atoms with E-state index in [9.17, 15) is 44.7 Å². The topological polar surface area (TPSA) is 243 Å². The molecule has 9 unspecified atom stereocenters. The van der Waals surface area contributed by atoms with E-state index in [0.29, 0.717) is 0 Å². The molecule has 6 rings (SSSR count). The van der Waals surface area contributed by atoms with Crippen LogP contribution in [0.5, 0.6) is 23.0 Å². The van der Waals surface area contributed by atoms with Gasteiger partial charge in [-0.2, -0.15) is 5.10 Å². The number of aliphatic hydroxyl groups excluding tert-OH is 2. The van der Waals surface area contributed by atoms with Gasteiger partial charge in [-0.05, 0) is 44.2 Å². The molecule has 0 aromatic heterocycles. The zero-order valence-corrected chi connectivity index (χ0v) is 37.3. The number of rotatable bonds is 5. The predicted octanol–water partition coefficient (Wildman–Crippen LogP) is 6.28. The minimum absolute atomic E-state index is 0.00950. The summed E-state index contributed by atoms with van der Waals surface area (Å²) in [5, 5.41) is 64.1. The number of benzene rings is 3. The highest BCUT2D eigenvalue weighted by Crippen LogP contribution is 2.55. The molecule has 3 aliphatic heterocycles. The average Bonchev–Trinajstić information content (AvgIpc) is 3.50. The molecule has 5 bridgehead atoms. The van der Waals surface area contributed by atoms with Crippen LogP contribution in [0, 0.1) is 30.6 Å². The second kappa shape index (κ2) is 19.1. The van der Waals surface area contributed by atoms with Gasteiger partial charge in [-0.1, -0.05) is 61.9 Å². The summed E-state index contributed by atoms with van der Waals surface area (Å²) in [6.07, 6.45) is 4.16. The number of nitrogens with zero attached hydrogens (tertiary/aromatic N) is 1. The molecular formula is C45H52BrN3O13. The number of amides is 2. The van der Waals surface area contributed by atoms with Crippen molar-refractivity contribution in [3.8, 4) is 23.0 Å². The van der Waals surface area contributed by atoms with Crippen molar-refractivity contribution >= 4 is 62.2 Å². The standard InChI is InChI=1S/C45H52BrN3O13/c1-20-11-10-12-21(2)43(57)48-34-29(19-47-49-44(58)27-13-15-28(46)16-14-27)38(54)31-32(39(34)55)37(53)25(6)41-33(31)42(56)45(8,62-41)60-18-17-30(59-9)22(3)40(61-26(7)50)24(5)36(52)23(4)35(20)51/h10-20,22-24,30,35-36,40,51-55H,1-9H3,(H,48,57)(H,49,58)/b11-10+,18-17+,21-12-,47-19+. The molecule has 17 heteroatoms. The lowest BCUT2D eigenvalue weighted by atomic mass is 9.78. The van der Waals surface area contributed by atoms with Crippen LogP contribution in [0.4, 0.5) is 5.69 Å². The highest BCUT2D eigenvalue weighted by molar-refractivity contribution is 9.10. The first-order valence-electron chi connectivity index (χ1n) is 19.8. The van der Waals surface area contributed by atoms with E-state index < -0.39 is 106 Å². The Kier molecular flexibility index (Phi) is 14.6. The SMILES string of the molecule is COC1/C=C/OC2(C)Oc3c(C)c(O)c4c(O)c(c(/C=N/NC(=O)c5ccc(Br)cc5)c(O)c4c3C2=O)NC(=O)/C(C)=C\C=C\C(C)C(O)C(C)C(O)C(C)C(OC(C)=O)C1C. The minimum Gasteiger partial charge on any atom is -0.507 e. The van der Waals surface area contributed by atoms with Crippen molar-refractivity contribution in [3.05, 3.63) is 87.1 Å². The summed E-state index contributed by atoms with van der Waals surface area (Å²) in [7, 11) is 1.41. The molecule has 0 aliphatic carbocycles. The molecule has 62 heavy (non-hydrogen) atoms. The van der Waals surface area contributed by atoms with Crippen LogP contribution in [0.2, 0.25) is 0 Å². The van der Waals surface area contributed by atoms with E-state index in [0.717, 1.165) is 16.9 Å². The Hall–Kier alpha value is -5.75. The first kappa shape index (κ1) is 47.3. The molecule has 7 N–H and O–H groups in total. The number of hydrazone groups is 1. The maximum Gasteiger partial charge on any atom is 0.312 e. The fraction of sp³-hybridized carbons (Fsp3) is 0.400. The number of halogens is 1. The van der Waals surface area contributed by atoms with E-state index in [-0.39, 0.29) is 39.0 Å². The largest absolute Gasteiger partial charge is 0.507 e. The number of carbonyl (C=O) groups is 4. The van der Waals surface area contributed by atoms with E-state index in [1.54, 1.807) is 45.9 Å². The van der Waals surface area contributed by atoms with E-state index >= 15 is 0 Å². The van der Waals surface area contributed by atoms with Gasteiger partial charge in [0.15, 0.2) is 5.75 Å². The Morgan fingerprint density at radius 3 is 2.23 bits per heavy atom. The summed E-state index contributed by atoms with van der Waals surface area (Å²) in [4.78, 5) is 53.4. The molecule has 332 valence electrons. The molecule has 9 atom stereocenters. The number of ether oxygens (including phenoxy) is 4. The van der Waals surface area contributed by atoms with Crippen molar-refractivity contribution in [1.29, 1.82) is 0 Å². The first-order valence-corrected chi connectivity index (χ1v) is 20.6. The van der Waals surface area contributed by atoms with Gasteiger partial charge in [-0.3, -0.25) is 19.2 Å². The quantitative estimate of drug-likeness (QED) is 0.0491.